The summed E-state index contributed by atoms with van der Waals surface area (Å²) in [5.74, 6) is 1.29. The fourth-order valence-electron chi connectivity index (χ4n) is 5.12. The number of Topliss-reactive ketones (excluding diaryl/α,β-unsaturated/α-hetero) is 1. The van der Waals surface area contributed by atoms with Crippen LogP contribution in [0.25, 0.3) is 0 Å². The molecule has 1 atom stereocenters. The van der Waals surface area contributed by atoms with Gasteiger partial charge in [0.15, 0.2) is 23.1 Å². The SMILES string of the molecule is COc1ccc(C2Nc3ccc(C(=O)c4ccccc4)cc3NC3=C2C(=O)CC(C)(C)C3)cc1OC. The maximum atomic E-state index is 13.5. The van der Waals surface area contributed by atoms with Crippen molar-refractivity contribution in [1.29, 1.82) is 0 Å². The van der Waals surface area contributed by atoms with E-state index in [0.717, 1.165) is 29.1 Å². The second-order valence-corrected chi connectivity index (χ2v) is 10.1. The van der Waals surface area contributed by atoms with E-state index in [1.165, 1.54) is 0 Å². The smallest absolute Gasteiger partial charge is 0.193 e. The molecule has 0 amide bonds. The second kappa shape index (κ2) is 9.19. The fraction of sp³-hybridized carbons (Fsp3) is 0.267. The van der Waals surface area contributed by atoms with Crippen molar-refractivity contribution < 1.29 is 19.1 Å². The molecule has 184 valence electrons. The van der Waals surface area contributed by atoms with Gasteiger partial charge < -0.3 is 20.1 Å². The van der Waals surface area contributed by atoms with E-state index in [0.29, 0.717) is 34.6 Å². The van der Waals surface area contributed by atoms with Crippen LogP contribution in [0.3, 0.4) is 0 Å². The summed E-state index contributed by atoms with van der Waals surface area (Å²) in [6.07, 6.45) is 1.18. The average Bonchev–Trinajstić information content (AvgIpc) is 3.03. The molecule has 1 heterocycles. The van der Waals surface area contributed by atoms with Crippen molar-refractivity contribution in [3.63, 3.8) is 0 Å². The van der Waals surface area contributed by atoms with Crippen molar-refractivity contribution >= 4 is 22.9 Å². The second-order valence-electron chi connectivity index (χ2n) is 10.1. The van der Waals surface area contributed by atoms with Crippen molar-refractivity contribution in [2.75, 3.05) is 24.9 Å². The van der Waals surface area contributed by atoms with Crippen LogP contribution in [-0.4, -0.2) is 25.8 Å². The lowest BCUT2D eigenvalue weighted by molar-refractivity contribution is -0.118. The highest BCUT2D eigenvalue weighted by Crippen LogP contribution is 2.46. The van der Waals surface area contributed by atoms with Gasteiger partial charge in [-0.3, -0.25) is 9.59 Å². The first-order valence-corrected chi connectivity index (χ1v) is 12.0. The van der Waals surface area contributed by atoms with Crippen molar-refractivity contribution in [2.24, 2.45) is 5.41 Å². The van der Waals surface area contributed by atoms with E-state index in [2.05, 4.69) is 24.5 Å². The Morgan fingerprint density at radius 2 is 1.61 bits per heavy atom. The highest BCUT2D eigenvalue weighted by Gasteiger charge is 2.39. The van der Waals surface area contributed by atoms with Crippen LogP contribution in [0.5, 0.6) is 11.5 Å². The third kappa shape index (κ3) is 4.35. The van der Waals surface area contributed by atoms with Crippen molar-refractivity contribution in [2.45, 2.75) is 32.7 Å². The van der Waals surface area contributed by atoms with E-state index < -0.39 is 0 Å². The number of allylic oxidation sites excluding steroid dienone is 1. The Hall–Kier alpha value is -4.06. The van der Waals surface area contributed by atoms with Crippen LogP contribution in [0.15, 0.2) is 78.0 Å². The third-order valence-corrected chi connectivity index (χ3v) is 6.85. The molecule has 0 fully saturated rings. The van der Waals surface area contributed by atoms with Crippen molar-refractivity contribution in [1.82, 2.24) is 0 Å². The van der Waals surface area contributed by atoms with Gasteiger partial charge >= 0.3 is 0 Å². The molecule has 6 nitrogen and oxygen atoms in total. The van der Waals surface area contributed by atoms with Gasteiger partial charge in [0.2, 0.25) is 0 Å². The van der Waals surface area contributed by atoms with Gasteiger partial charge in [0.25, 0.3) is 0 Å². The summed E-state index contributed by atoms with van der Waals surface area (Å²) in [5.41, 5.74) is 5.13. The van der Waals surface area contributed by atoms with Gasteiger partial charge in [-0.25, -0.2) is 0 Å². The quantitative estimate of drug-likeness (QED) is 0.425. The summed E-state index contributed by atoms with van der Waals surface area (Å²) in [5, 5.41) is 7.11. The number of hydrogen-bond acceptors (Lipinski definition) is 6. The van der Waals surface area contributed by atoms with Gasteiger partial charge in [-0.1, -0.05) is 50.2 Å². The zero-order chi connectivity index (χ0) is 25.4. The molecule has 3 aromatic rings. The number of fused-ring (bicyclic) bond motifs is 1. The topological polar surface area (TPSA) is 76.7 Å². The van der Waals surface area contributed by atoms with Gasteiger partial charge in [0, 0.05) is 28.8 Å². The third-order valence-electron chi connectivity index (χ3n) is 6.85. The molecule has 5 rings (SSSR count). The number of rotatable bonds is 5. The molecule has 2 N–H and O–H groups in total. The molecular weight excluding hydrogens is 452 g/mol. The van der Waals surface area contributed by atoms with E-state index in [1.54, 1.807) is 14.2 Å². The molecule has 2 aliphatic rings. The summed E-state index contributed by atoms with van der Waals surface area (Å²) < 4.78 is 11.0. The first-order chi connectivity index (χ1) is 17.3. The molecular formula is C30H30N2O4. The predicted octanol–water partition coefficient (Wildman–Crippen LogP) is 6.16. The van der Waals surface area contributed by atoms with Crippen LogP contribution in [0.1, 0.15) is 54.2 Å². The number of benzene rings is 3. The Labute approximate surface area is 211 Å². The highest BCUT2D eigenvalue weighted by atomic mass is 16.5. The Balaban J connectivity index is 1.62. The molecule has 0 bridgehead atoms. The average molecular weight is 483 g/mol. The maximum absolute atomic E-state index is 13.5. The zero-order valence-electron chi connectivity index (χ0n) is 21.0. The molecule has 0 spiro atoms. The Morgan fingerprint density at radius 1 is 0.861 bits per heavy atom. The minimum Gasteiger partial charge on any atom is -0.493 e. The number of nitrogens with one attached hydrogen (secondary N) is 2. The lowest BCUT2D eigenvalue weighted by Gasteiger charge is -2.34. The van der Waals surface area contributed by atoms with Crippen LogP contribution in [0.2, 0.25) is 0 Å². The Morgan fingerprint density at radius 3 is 2.33 bits per heavy atom. The number of ketones is 2. The first kappa shape index (κ1) is 23.7. The molecule has 0 saturated carbocycles. The number of methoxy groups -OCH3 is 2. The molecule has 0 saturated heterocycles. The molecule has 0 radical (unpaired) electrons. The highest BCUT2D eigenvalue weighted by molar-refractivity contribution is 6.10. The molecule has 0 aromatic heterocycles. The normalized spacial score (nSPS) is 18.2. The number of anilines is 2. The maximum Gasteiger partial charge on any atom is 0.193 e. The van der Waals surface area contributed by atoms with Crippen LogP contribution in [0, 0.1) is 5.41 Å². The standard InChI is InChI=1S/C30H30N2O4/c1-30(2)16-23-27(24(33)17-30)28(19-11-13-25(35-3)26(15-19)36-4)32-21-12-10-20(14-22(21)31-23)29(34)18-8-6-5-7-9-18/h5-15,28,31-32H,16-17H2,1-4H3. The summed E-state index contributed by atoms with van der Waals surface area (Å²) >= 11 is 0. The number of ether oxygens (including phenoxy) is 2. The van der Waals surface area contributed by atoms with Crippen LogP contribution in [0.4, 0.5) is 11.4 Å². The first-order valence-electron chi connectivity index (χ1n) is 12.0. The summed E-state index contributed by atoms with van der Waals surface area (Å²) in [6, 6.07) is 20.2. The fourth-order valence-corrected chi connectivity index (χ4v) is 5.12. The molecule has 1 aliphatic heterocycles. The molecule has 6 heteroatoms. The van der Waals surface area contributed by atoms with Crippen LogP contribution < -0.4 is 20.1 Å². The van der Waals surface area contributed by atoms with E-state index in [4.69, 9.17) is 9.47 Å². The van der Waals surface area contributed by atoms with Crippen LogP contribution in [-0.2, 0) is 4.79 Å². The summed E-state index contributed by atoms with van der Waals surface area (Å²) in [7, 11) is 3.20. The monoisotopic (exact) mass is 482 g/mol. The largest absolute Gasteiger partial charge is 0.493 e. The predicted molar refractivity (Wildman–Crippen MR) is 141 cm³/mol. The zero-order valence-corrected chi connectivity index (χ0v) is 21.0. The summed E-state index contributed by atoms with van der Waals surface area (Å²) in [6.45, 7) is 4.21. The van der Waals surface area contributed by atoms with E-state index in [-0.39, 0.29) is 23.0 Å². The number of hydrogen-bond donors (Lipinski definition) is 2. The van der Waals surface area contributed by atoms with Crippen LogP contribution >= 0.6 is 0 Å². The Bertz CT molecular complexity index is 1370. The van der Waals surface area contributed by atoms with E-state index in [9.17, 15) is 9.59 Å². The minimum absolute atomic E-state index is 0.0462. The molecule has 1 aliphatic carbocycles. The number of carbonyl (C=O) groups is 2. The van der Waals surface area contributed by atoms with Gasteiger partial charge in [-0.05, 0) is 47.7 Å². The number of carbonyl (C=O) groups excluding carboxylic acids is 2. The minimum atomic E-state index is -0.382. The van der Waals surface area contributed by atoms with E-state index in [1.807, 2.05) is 66.7 Å². The molecule has 1 unspecified atom stereocenters. The lowest BCUT2D eigenvalue weighted by atomic mass is 9.73. The Kier molecular flexibility index (Phi) is 6.04. The molecule has 3 aromatic carbocycles. The van der Waals surface area contributed by atoms with Gasteiger partial charge in [-0.2, -0.15) is 0 Å². The van der Waals surface area contributed by atoms with Gasteiger partial charge in [-0.15, -0.1) is 0 Å². The van der Waals surface area contributed by atoms with Gasteiger partial charge in [0.05, 0.1) is 31.6 Å². The van der Waals surface area contributed by atoms with E-state index >= 15 is 0 Å². The van der Waals surface area contributed by atoms with Gasteiger partial charge in [0.1, 0.15) is 0 Å². The molecule has 36 heavy (non-hydrogen) atoms. The van der Waals surface area contributed by atoms with Crippen molar-refractivity contribution in [3.05, 3.63) is 94.7 Å². The lowest BCUT2D eigenvalue weighted by Crippen LogP contribution is -2.31. The summed E-state index contributed by atoms with van der Waals surface area (Å²) in [4.78, 5) is 26.7. The van der Waals surface area contributed by atoms with Crippen molar-refractivity contribution in [3.8, 4) is 11.5 Å².